The van der Waals surface area contributed by atoms with E-state index in [1.165, 1.54) is 13.2 Å². The highest BCUT2D eigenvalue weighted by Gasteiger charge is 2.18. The number of esters is 1. The van der Waals surface area contributed by atoms with Gasteiger partial charge in [-0.15, -0.1) is 0 Å². The van der Waals surface area contributed by atoms with Gasteiger partial charge in [-0.25, -0.2) is 4.79 Å². The highest BCUT2D eigenvalue weighted by atomic mass is 16.5. The maximum atomic E-state index is 13.6. The van der Waals surface area contributed by atoms with Gasteiger partial charge in [0.2, 0.25) is 0 Å². The number of carbonyl (C=O) groups is 2. The van der Waals surface area contributed by atoms with Crippen molar-refractivity contribution in [2.24, 2.45) is 0 Å². The van der Waals surface area contributed by atoms with Gasteiger partial charge in [0, 0.05) is 37.1 Å². The third-order valence-corrected chi connectivity index (χ3v) is 6.07. The molecule has 0 aliphatic rings. The van der Waals surface area contributed by atoms with E-state index in [0.29, 0.717) is 12.1 Å². The van der Waals surface area contributed by atoms with Crippen molar-refractivity contribution in [2.75, 3.05) is 31.0 Å². The fraction of sp³-hybridized carbons (Fsp3) is 0.125. The van der Waals surface area contributed by atoms with Crippen molar-refractivity contribution in [3.05, 3.63) is 126 Å². The Hall–Kier alpha value is -4.64. The summed E-state index contributed by atoms with van der Waals surface area (Å²) >= 11 is 0. The van der Waals surface area contributed by atoms with Crippen LogP contribution in [0.2, 0.25) is 0 Å². The molecule has 0 atom stereocenters. The zero-order valence-electron chi connectivity index (χ0n) is 21.3. The Morgan fingerprint density at radius 2 is 1.41 bits per heavy atom. The van der Waals surface area contributed by atoms with Gasteiger partial charge >= 0.3 is 5.97 Å². The Morgan fingerprint density at radius 3 is 2.03 bits per heavy atom. The average Bonchev–Trinajstić information content (AvgIpc) is 2.95. The van der Waals surface area contributed by atoms with Crippen molar-refractivity contribution in [1.82, 2.24) is 0 Å². The first-order valence-electron chi connectivity index (χ1n) is 12.0. The van der Waals surface area contributed by atoms with Crippen LogP contribution in [0.1, 0.15) is 21.5 Å². The van der Waals surface area contributed by atoms with E-state index in [2.05, 4.69) is 53.4 Å². The van der Waals surface area contributed by atoms with E-state index in [1.807, 2.05) is 68.7 Å². The van der Waals surface area contributed by atoms with E-state index < -0.39 is 5.97 Å². The topological polar surface area (TPSA) is 49.9 Å². The molecule has 0 bridgehead atoms. The molecule has 0 spiro atoms. The summed E-state index contributed by atoms with van der Waals surface area (Å²) in [5.41, 5.74) is 6.56. The van der Waals surface area contributed by atoms with Crippen molar-refractivity contribution in [3.63, 3.8) is 0 Å². The number of benzene rings is 4. The van der Waals surface area contributed by atoms with Crippen molar-refractivity contribution >= 4 is 29.3 Å². The van der Waals surface area contributed by atoms with Crippen LogP contribution in [0.4, 0.5) is 11.4 Å². The number of hydrogen-bond acceptors (Lipinski definition) is 4. The van der Waals surface area contributed by atoms with Gasteiger partial charge in [0.1, 0.15) is 0 Å². The minimum Gasteiger partial charge on any atom is -0.466 e. The Balaban J connectivity index is 1.62. The molecule has 0 radical (unpaired) electrons. The van der Waals surface area contributed by atoms with Crippen LogP contribution < -0.4 is 9.80 Å². The van der Waals surface area contributed by atoms with E-state index in [0.717, 1.165) is 33.6 Å². The van der Waals surface area contributed by atoms with Crippen LogP contribution in [0.3, 0.4) is 0 Å². The maximum absolute atomic E-state index is 13.6. The number of anilines is 2. The van der Waals surface area contributed by atoms with Crippen LogP contribution >= 0.6 is 0 Å². The lowest BCUT2D eigenvalue weighted by Crippen LogP contribution is -2.30. The molecule has 0 aliphatic heterocycles. The molecule has 0 heterocycles. The summed E-state index contributed by atoms with van der Waals surface area (Å²) in [4.78, 5) is 28.9. The molecule has 0 N–H and O–H groups in total. The molecule has 37 heavy (non-hydrogen) atoms. The highest BCUT2D eigenvalue weighted by molar-refractivity contribution is 6.06. The summed E-state index contributed by atoms with van der Waals surface area (Å²) in [6, 6.07) is 33.5. The normalized spacial score (nSPS) is 10.8. The molecule has 4 rings (SSSR count). The van der Waals surface area contributed by atoms with Gasteiger partial charge in [0.15, 0.2) is 0 Å². The second-order valence-electron chi connectivity index (χ2n) is 8.85. The number of ether oxygens (including phenoxy) is 1. The minimum absolute atomic E-state index is 0.0990. The molecule has 0 aliphatic carbocycles. The van der Waals surface area contributed by atoms with Gasteiger partial charge in [-0.2, -0.15) is 0 Å². The van der Waals surface area contributed by atoms with Crippen molar-refractivity contribution < 1.29 is 14.3 Å². The predicted octanol–water partition coefficient (Wildman–Crippen LogP) is 6.45. The van der Waals surface area contributed by atoms with E-state index in [1.54, 1.807) is 11.0 Å². The molecule has 0 saturated carbocycles. The standard InChI is InChI=1S/C32H30N2O3/c1-33(2)29-19-17-27(18-20-29)26-15-12-25(13-16-26)23-34(32(36)28-9-5-4-6-10-28)30-11-7-8-24(22-30)14-21-31(35)37-3/h4-22H,23H2,1-3H3/b21-14+. The molecule has 0 saturated heterocycles. The Morgan fingerprint density at radius 1 is 0.757 bits per heavy atom. The van der Waals surface area contributed by atoms with Crippen molar-refractivity contribution in [2.45, 2.75) is 6.54 Å². The van der Waals surface area contributed by atoms with Crippen molar-refractivity contribution in [3.8, 4) is 11.1 Å². The SMILES string of the molecule is COC(=O)/C=C/c1cccc(N(Cc2ccc(-c3ccc(N(C)C)cc3)cc2)C(=O)c2ccccc2)c1. The summed E-state index contributed by atoms with van der Waals surface area (Å²) in [7, 11) is 5.39. The van der Waals surface area contributed by atoms with Crippen molar-refractivity contribution in [1.29, 1.82) is 0 Å². The summed E-state index contributed by atoms with van der Waals surface area (Å²) in [5.74, 6) is -0.530. The van der Waals surface area contributed by atoms with Gasteiger partial charge < -0.3 is 14.5 Å². The molecular formula is C32H30N2O3. The highest BCUT2D eigenvalue weighted by Crippen LogP contribution is 2.26. The van der Waals surface area contributed by atoms with E-state index >= 15 is 0 Å². The molecule has 1 amide bonds. The smallest absolute Gasteiger partial charge is 0.330 e. The fourth-order valence-electron chi connectivity index (χ4n) is 3.98. The first-order chi connectivity index (χ1) is 17.9. The number of methoxy groups -OCH3 is 1. The quantitative estimate of drug-likeness (QED) is 0.210. The molecule has 0 aromatic heterocycles. The van der Waals surface area contributed by atoms with E-state index in [4.69, 9.17) is 4.74 Å². The summed E-state index contributed by atoms with van der Waals surface area (Å²) in [5, 5.41) is 0. The summed E-state index contributed by atoms with van der Waals surface area (Å²) in [6.07, 6.45) is 3.04. The lowest BCUT2D eigenvalue weighted by atomic mass is 10.0. The lowest BCUT2D eigenvalue weighted by Gasteiger charge is -2.24. The molecule has 0 unspecified atom stereocenters. The van der Waals surface area contributed by atoms with Crippen LogP contribution in [-0.4, -0.2) is 33.1 Å². The Labute approximate surface area is 218 Å². The van der Waals surface area contributed by atoms with Gasteiger partial charge in [-0.05, 0) is 64.7 Å². The molecule has 0 fully saturated rings. The van der Waals surface area contributed by atoms with E-state index in [-0.39, 0.29) is 5.91 Å². The molecule has 186 valence electrons. The zero-order chi connectivity index (χ0) is 26.2. The third-order valence-electron chi connectivity index (χ3n) is 6.07. The summed E-state index contributed by atoms with van der Waals surface area (Å²) < 4.78 is 4.69. The molecule has 5 nitrogen and oxygen atoms in total. The van der Waals surface area contributed by atoms with Gasteiger partial charge in [0.25, 0.3) is 5.91 Å². The van der Waals surface area contributed by atoms with Gasteiger partial charge in [-0.3, -0.25) is 4.79 Å². The molecular weight excluding hydrogens is 460 g/mol. The average molecular weight is 491 g/mol. The van der Waals surface area contributed by atoms with E-state index in [9.17, 15) is 9.59 Å². The molecule has 5 heteroatoms. The Bertz CT molecular complexity index is 1380. The number of rotatable bonds is 8. The number of carbonyl (C=O) groups excluding carboxylic acids is 2. The van der Waals surface area contributed by atoms with Crippen LogP contribution in [-0.2, 0) is 16.1 Å². The molecule has 4 aromatic rings. The van der Waals surface area contributed by atoms with Crippen LogP contribution in [0.25, 0.3) is 17.2 Å². The predicted molar refractivity (Wildman–Crippen MR) is 151 cm³/mol. The lowest BCUT2D eigenvalue weighted by molar-refractivity contribution is -0.134. The van der Waals surface area contributed by atoms with Crippen LogP contribution in [0.15, 0.2) is 109 Å². The minimum atomic E-state index is -0.431. The second kappa shape index (κ2) is 11.9. The first-order valence-corrected chi connectivity index (χ1v) is 12.0. The fourth-order valence-corrected chi connectivity index (χ4v) is 3.98. The Kier molecular flexibility index (Phi) is 8.16. The van der Waals surface area contributed by atoms with Gasteiger partial charge in [-0.1, -0.05) is 66.7 Å². The zero-order valence-corrected chi connectivity index (χ0v) is 21.3. The number of nitrogens with zero attached hydrogens (tertiary/aromatic N) is 2. The number of amides is 1. The first kappa shape index (κ1) is 25.5. The largest absolute Gasteiger partial charge is 0.466 e. The number of hydrogen-bond donors (Lipinski definition) is 0. The van der Waals surface area contributed by atoms with Gasteiger partial charge in [0.05, 0.1) is 13.7 Å². The monoisotopic (exact) mass is 490 g/mol. The maximum Gasteiger partial charge on any atom is 0.330 e. The van der Waals surface area contributed by atoms with Crippen LogP contribution in [0, 0.1) is 0 Å². The van der Waals surface area contributed by atoms with Crippen LogP contribution in [0.5, 0.6) is 0 Å². The third kappa shape index (κ3) is 6.53. The molecule has 4 aromatic carbocycles. The summed E-state index contributed by atoms with van der Waals surface area (Å²) in [6.45, 7) is 0.401. The second-order valence-corrected chi connectivity index (χ2v) is 8.85.